The van der Waals surface area contributed by atoms with Crippen molar-refractivity contribution >= 4 is 11.8 Å². The van der Waals surface area contributed by atoms with Crippen LogP contribution < -0.4 is 5.32 Å². The molecule has 0 aromatic carbocycles. The van der Waals surface area contributed by atoms with Crippen molar-refractivity contribution in [3.63, 3.8) is 0 Å². The first-order valence-electron chi connectivity index (χ1n) is 4.23. The zero-order valence-electron chi connectivity index (χ0n) is 6.98. The van der Waals surface area contributed by atoms with Crippen molar-refractivity contribution in [2.75, 3.05) is 19.3 Å². The molecule has 0 spiro atoms. The third kappa shape index (κ3) is 3.43. The Kier molecular flexibility index (Phi) is 4.23. The fourth-order valence-electron chi connectivity index (χ4n) is 1.42. The molecular formula is C8H16FNS. The predicted molar refractivity (Wildman–Crippen MR) is 48.9 cm³/mol. The summed E-state index contributed by atoms with van der Waals surface area (Å²) in [5, 5.41) is 3.45. The topological polar surface area (TPSA) is 12.0 Å². The molecule has 11 heavy (non-hydrogen) atoms. The molecule has 1 fully saturated rings. The van der Waals surface area contributed by atoms with Crippen LogP contribution in [0.2, 0.25) is 0 Å². The maximum Gasteiger partial charge on any atom is 0.114 e. The molecule has 0 bridgehead atoms. The molecule has 2 atom stereocenters. The van der Waals surface area contributed by atoms with Gasteiger partial charge in [-0.05, 0) is 32.1 Å². The van der Waals surface area contributed by atoms with Crippen molar-refractivity contribution in [2.24, 2.45) is 0 Å². The molecule has 1 aliphatic heterocycles. The van der Waals surface area contributed by atoms with Crippen molar-refractivity contribution in [1.82, 2.24) is 5.32 Å². The molecular weight excluding hydrogens is 161 g/mol. The largest absolute Gasteiger partial charge is 0.317 e. The fourth-order valence-corrected chi connectivity index (χ4v) is 2.77. The smallest absolute Gasteiger partial charge is 0.114 e. The summed E-state index contributed by atoms with van der Waals surface area (Å²) in [5.74, 6) is 1.23. The van der Waals surface area contributed by atoms with Gasteiger partial charge in [-0.2, -0.15) is 11.8 Å². The monoisotopic (exact) mass is 177 g/mol. The molecule has 0 aromatic heterocycles. The van der Waals surface area contributed by atoms with Crippen molar-refractivity contribution in [3.05, 3.63) is 0 Å². The van der Waals surface area contributed by atoms with Gasteiger partial charge in [0.1, 0.15) is 6.17 Å². The minimum Gasteiger partial charge on any atom is -0.317 e. The quantitative estimate of drug-likeness (QED) is 0.703. The third-order valence-electron chi connectivity index (χ3n) is 1.97. The van der Waals surface area contributed by atoms with E-state index in [1.54, 1.807) is 7.05 Å². The van der Waals surface area contributed by atoms with E-state index in [1.165, 1.54) is 18.6 Å². The van der Waals surface area contributed by atoms with Crippen LogP contribution in [-0.2, 0) is 0 Å². The number of alkyl halides is 1. The maximum atomic E-state index is 13.0. The fraction of sp³-hybridized carbons (Fsp3) is 1.00. The van der Waals surface area contributed by atoms with E-state index in [0.29, 0.717) is 11.8 Å². The van der Waals surface area contributed by atoms with E-state index in [1.807, 2.05) is 11.8 Å². The van der Waals surface area contributed by atoms with E-state index in [2.05, 4.69) is 5.32 Å². The van der Waals surface area contributed by atoms with Gasteiger partial charge in [0, 0.05) is 11.8 Å². The lowest BCUT2D eigenvalue weighted by molar-refractivity contribution is 0.304. The highest BCUT2D eigenvalue weighted by atomic mass is 32.2. The lowest BCUT2D eigenvalue weighted by Crippen LogP contribution is -2.22. The number of hydrogen-bond donors (Lipinski definition) is 1. The SMILES string of the molecule is CNCC(F)CC1CCCS1. The van der Waals surface area contributed by atoms with Gasteiger partial charge in [0.15, 0.2) is 0 Å². The number of halogens is 1. The lowest BCUT2D eigenvalue weighted by Gasteiger charge is -2.11. The first kappa shape index (κ1) is 9.33. The molecule has 2 unspecified atom stereocenters. The van der Waals surface area contributed by atoms with Crippen LogP contribution >= 0.6 is 11.8 Å². The van der Waals surface area contributed by atoms with Crippen LogP contribution in [0.5, 0.6) is 0 Å². The van der Waals surface area contributed by atoms with E-state index >= 15 is 0 Å². The number of rotatable bonds is 4. The Morgan fingerprint density at radius 1 is 1.73 bits per heavy atom. The van der Waals surface area contributed by atoms with E-state index in [9.17, 15) is 4.39 Å². The van der Waals surface area contributed by atoms with E-state index in [4.69, 9.17) is 0 Å². The van der Waals surface area contributed by atoms with Crippen LogP contribution in [0.1, 0.15) is 19.3 Å². The zero-order valence-corrected chi connectivity index (χ0v) is 7.79. The van der Waals surface area contributed by atoms with E-state index < -0.39 is 6.17 Å². The number of nitrogens with one attached hydrogen (secondary N) is 1. The maximum absolute atomic E-state index is 13.0. The van der Waals surface area contributed by atoms with E-state index in [0.717, 1.165) is 6.42 Å². The minimum absolute atomic E-state index is 0.511. The van der Waals surface area contributed by atoms with Crippen LogP contribution in [0.15, 0.2) is 0 Å². The second-order valence-corrected chi connectivity index (χ2v) is 4.43. The Morgan fingerprint density at radius 3 is 3.09 bits per heavy atom. The molecule has 0 saturated carbocycles. The molecule has 66 valence electrons. The average Bonchev–Trinajstić information content (AvgIpc) is 2.40. The van der Waals surface area contributed by atoms with Crippen LogP contribution in [0.25, 0.3) is 0 Å². The predicted octanol–water partition coefficient (Wildman–Crippen LogP) is 1.83. The number of thioether (sulfide) groups is 1. The van der Waals surface area contributed by atoms with Gasteiger partial charge in [-0.3, -0.25) is 0 Å². The molecule has 3 heteroatoms. The Hall–Kier alpha value is 0.240. The normalized spacial score (nSPS) is 27.3. The highest BCUT2D eigenvalue weighted by molar-refractivity contribution is 8.00. The molecule has 1 aliphatic rings. The highest BCUT2D eigenvalue weighted by Gasteiger charge is 2.19. The van der Waals surface area contributed by atoms with Crippen molar-refractivity contribution in [3.8, 4) is 0 Å². The van der Waals surface area contributed by atoms with Crippen LogP contribution in [-0.4, -0.2) is 30.8 Å². The van der Waals surface area contributed by atoms with Gasteiger partial charge in [0.25, 0.3) is 0 Å². The Labute approximate surface area is 72.1 Å². The Balaban J connectivity index is 2.08. The summed E-state index contributed by atoms with van der Waals surface area (Å²) in [7, 11) is 1.80. The first-order valence-corrected chi connectivity index (χ1v) is 5.28. The van der Waals surface area contributed by atoms with Crippen LogP contribution in [0.4, 0.5) is 4.39 Å². The molecule has 1 rings (SSSR count). The molecule has 1 nitrogen and oxygen atoms in total. The van der Waals surface area contributed by atoms with E-state index in [-0.39, 0.29) is 0 Å². The summed E-state index contributed by atoms with van der Waals surface area (Å²) in [5.41, 5.74) is 0. The van der Waals surface area contributed by atoms with Gasteiger partial charge >= 0.3 is 0 Å². The summed E-state index contributed by atoms with van der Waals surface area (Å²) in [6.07, 6.45) is 2.60. The zero-order chi connectivity index (χ0) is 8.10. The first-order chi connectivity index (χ1) is 5.33. The summed E-state index contributed by atoms with van der Waals surface area (Å²) >= 11 is 1.93. The molecule has 1 N–H and O–H groups in total. The Morgan fingerprint density at radius 2 is 2.55 bits per heavy atom. The molecule has 1 saturated heterocycles. The third-order valence-corrected chi connectivity index (χ3v) is 3.39. The summed E-state index contributed by atoms with van der Waals surface area (Å²) in [4.78, 5) is 0. The molecule has 0 aromatic rings. The molecule has 0 aliphatic carbocycles. The second kappa shape index (κ2) is 4.99. The van der Waals surface area contributed by atoms with Gasteiger partial charge in [-0.1, -0.05) is 0 Å². The van der Waals surface area contributed by atoms with Crippen molar-refractivity contribution < 1.29 is 4.39 Å². The minimum atomic E-state index is -0.643. The van der Waals surface area contributed by atoms with Gasteiger partial charge in [-0.15, -0.1) is 0 Å². The van der Waals surface area contributed by atoms with Crippen LogP contribution in [0, 0.1) is 0 Å². The molecule has 0 radical (unpaired) electrons. The van der Waals surface area contributed by atoms with Gasteiger partial charge in [0.05, 0.1) is 0 Å². The standard InChI is InChI=1S/C8H16FNS/c1-10-6-7(9)5-8-3-2-4-11-8/h7-8,10H,2-6H2,1H3. The van der Waals surface area contributed by atoms with Crippen molar-refractivity contribution in [2.45, 2.75) is 30.7 Å². The van der Waals surface area contributed by atoms with Crippen molar-refractivity contribution in [1.29, 1.82) is 0 Å². The molecule has 1 heterocycles. The summed E-state index contributed by atoms with van der Waals surface area (Å²) in [6, 6.07) is 0. The molecule has 0 amide bonds. The second-order valence-electron chi connectivity index (χ2n) is 3.03. The Bertz CT molecular complexity index is 104. The summed E-state index contributed by atoms with van der Waals surface area (Å²) in [6.45, 7) is 0.511. The summed E-state index contributed by atoms with van der Waals surface area (Å²) < 4.78 is 13.0. The van der Waals surface area contributed by atoms with Gasteiger partial charge in [-0.25, -0.2) is 4.39 Å². The average molecular weight is 177 g/mol. The van der Waals surface area contributed by atoms with Gasteiger partial charge in [0.2, 0.25) is 0 Å². The van der Waals surface area contributed by atoms with Gasteiger partial charge < -0.3 is 5.32 Å². The lowest BCUT2D eigenvalue weighted by atomic mass is 10.1. The highest BCUT2D eigenvalue weighted by Crippen LogP contribution is 2.29. The number of hydrogen-bond acceptors (Lipinski definition) is 2. The van der Waals surface area contributed by atoms with Crippen LogP contribution in [0.3, 0.4) is 0 Å².